The molecule has 0 heterocycles. The Hall–Kier alpha value is -1.29. The van der Waals surface area contributed by atoms with Gasteiger partial charge in [-0.2, -0.15) is 0 Å². The molecule has 1 aromatic carbocycles. The third kappa shape index (κ3) is 4.18. The molecule has 0 atom stereocenters. The minimum Gasteiger partial charge on any atom is -0.377 e. The van der Waals surface area contributed by atoms with Crippen LogP contribution in [0.4, 0.5) is 11.4 Å². The maximum atomic E-state index is 11.0. The SMILES string of the molecule is CCCC(CCC)Nc1ccc(Cl)cc1[N+](=O)[O-]. The first-order valence-electron chi connectivity index (χ1n) is 6.29. The third-order valence-electron chi connectivity index (χ3n) is 2.79. The molecule has 0 amide bonds. The molecule has 0 saturated heterocycles. The third-order valence-corrected chi connectivity index (χ3v) is 3.03. The number of anilines is 1. The van der Waals surface area contributed by atoms with E-state index < -0.39 is 4.92 Å². The van der Waals surface area contributed by atoms with E-state index in [0.29, 0.717) is 10.7 Å². The molecule has 0 fully saturated rings. The summed E-state index contributed by atoms with van der Waals surface area (Å²) in [6.07, 6.45) is 4.12. The number of benzene rings is 1. The molecule has 0 unspecified atom stereocenters. The van der Waals surface area contributed by atoms with Gasteiger partial charge in [0, 0.05) is 17.1 Å². The number of hydrogen-bond acceptors (Lipinski definition) is 3. The lowest BCUT2D eigenvalue weighted by atomic mass is 10.1. The van der Waals surface area contributed by atoms with E-state index in [2.05, 4.69) is 19.2 Å². The summed E-state index contributed by atoms with van der Waals surface area (Å²) in [4.78, 5) is 10.6. The van der Waals surface area contributed by atoms with Crippen LogP contribution in [0.5, 0.6) is 0 Å². The van der Waals surface area contributed by atoms with Crippen molar-refractivity contribution in [3.63, 3.8) is 0 Å². The van der Waals surface area contributed by atoms with E-state index in [-0.39, 0.29) is 11.7 Å². The van der Waals surface area contributed by atoms with Crippen molar-refractivity contribution < 1.29 is 4.92 Å². The smallest absolute Gasteiger partial charge is 0.293 e. The summed E-state index contributed by atoms with van der Waals surface area (Å²) in [6, 6.07) is 5.02. The molecule has 0 aromatic heterocycles. The fraction of sp³-hybridized carbons (Fsp3) is 0.538. The number of nitro benzene ring substituents is 1. The zero-order chi connectivity index (χ0) is 13.5. The predicted molar refractivity (Wildman–Crippen MR) is 75.3 cm³/mol. The van der Waals surface area contributed by atoms with Gasteiger partial charge in [0.1, 0.15) is 5.69 Å². The number of nitro groups is 1. The van der Waals surface area contributed by atoms with Crippen LogP contribution in [0.25, 0.3) is 0 Å². The molecular weight excluding hydrogens is 252 g/mol. The maximum absolute atomic E-state index is 11.0. The van der Waals surface area contributed by atoms with E-state index in [1.165, 1.54) is 6.07 Å². The van der Waals surface area contributed by atoms with Crippen molar-refractivity contribution >= 4 is 23.0 Å². The average molecular weight is 271 g/mol. The lowest BCUT2D eigenvalue weighted by Gasteiger charge is -2.18. The Morgan fingerprint density at radius 2 is 1.94 bits per heavy atom. The Labute approximate surface area is 112 Å². The Morgan fingerprint density at radius 3 is 2.44 bits per heavy atom. The van der Waals surface area contributed by atoms with Gasteiger partial charge in [0.25, 0.3) is 5.69 Å². The topological polar surface area (TPSA) is 55.2 Å². The maximum Gasteiger partial charge on any atom is 0.293 e. The second-order valence-electron chi connectivity index (χ2n) is 4.34. The van der Waals surface area contributed by atoms with Gasteiger partial charge >= 0.3 is 0 Å². The number of halogens is 1. The first-order chi connectivity index (χ1) is 8.58. The van der Waals surface area contributed by atoms with Crippen LogP contribution in [-0.4, -0.2) is 11.0 Å². The van der Waals surface area contributed by atoms with E-state index in [1.807, 2.05) is 0 Å². The van der Waals surface area contributed by atoms with Gasteiger partial charge in [0.2, 0.25) is 0 Å². The molecule has 100 valence electrons. The van der Waals surface area contributed by atoms with Gasteiger partial charge in [-0.05, 0) is 25.0 Å². The summed E-state index contributed by atoms with van der Waals surface area (Å²) < 4.78 is 0. The lowest BCUT2D eigenvalue weighted by Crippen LogP contribution is -2.19. The van der Waals surface area contributed by atoms with E-state index in [0.717, 1.165) is 25.7 Å². The molecule has 0 saturated carbocycles. The fourth-order valence-corrected chi connectivity index (χ4v) is 2.15. The number of nitrogens with one attached hydrogen (secondary N) is 1. The van der Waals surface area contributed by atoms with Crippen molar-refractivity contribution in [3.8, 4) is 0 Å². The van der Waals surface area contributed by atoms with Gasteiger partial charge in [-0.3, -0.25) is 10.1 Å². The zero-order valence-corrected chi connectivity index (χ0v) is 11.5. The Bertz CT molecular complexity index is 404. The van der Waals surface area contributed by atoms with Gasteiger partial charge < -0.3 is 5.32 Å². The van der Waals surface area contributed by atoms with E-state index in [4.69, 9.17) is 11.6 Å². The van der Waals surface area contributed by atoms with Crippen molar-refractivity contribution in [2.24, 2.45) is 0 Å². The van der Waals surface area contributed by atoms with E-state index in [1.54, 1.807) is 12.1 Å². The van der Waals surface area contributed by atoms with Crippen molar-refractivity contribution in [1.29, 1.82) is 0 Å². The standard InChI is InChI=1S/C13H19ClN2O2/c1-3-5-11(6-4-2)15-12-8-7-10(14)9-13(12)16(17)18/h7-9,11,15H,3-6H2,1-2H3. The first kappa shape index (κ1) is 14.8. The highest BCUT2D eigenvalue weighted by Crippen LogP contribution is 2.29. The van der Waals surface area contributed by atoms with Gasteiger partial charge in [-0.25, -0.2) is 0 Å². The number of rotatable bonds is 7. The molecule has 1 N–H and O–H groups in total. The second-order valence-corrected chi connectivity index (χ2v) is 4.77. The normalized spacial score (nSPS) is 10.7. The lowest BCUT2D eigenvalue weighted by molar-refractivity contribution is -0.384. The number of hydrogen-bond donors (Lipinski definition) is 1. The van der Waals surface area contributed by atoms with Gasteiger partial charge in [0.15, 0.2) is 0 Å². The van der Waals surface area contributed by atoms with Crippen LogP contribution in [-0.2, 0) is 0 Å². The van der Waals surface area contributed by atoms with Crippen molar-refractivity contribution in [2.45, 2.75) is 45.6 Å². The highest BCUT2D eigenvalue weighted by Gasteiger charge is 2.17. The quantitative estimate of drug-likeness (QED) is 0.580. The molecule has 1 aromatic rings. The molecule has 1 rings (SSSR count). The Balaban J connectivity index is 2.90. The summed E-state index contributed by atoms with van der Waals surface area (Å²) in [7, 11) is 0. The summed E-state index contributed by atoms with van der Waals surface area (Å²) in [5.74, 6) is 0. The summed E-state index contributed by atoms with van der Waals surface area (Å²) >= 11 is 5.79. The molecule has 0 radical (unpaired) electrons. The van der Waals surface area contributed by atoms with Crippen LogP contribution in [0.3, 0.4) is 0 Å². The van der Waals surface area contributed by atoms with Crippen LogP contribution < -0.4 is 5.32 Å². The molecular formula is C13H19ClN2O2. The van der Waals surface area contributed by atoms with Crippen LogP contribution in [0.1, 0.15) is 39.5 Å². The van der Waals surface area contributed by atoms with Crippen LogP contribution in [0.15, 0.2) is 18.2 Å². The molecule has 0 aliphatic carbocycles. The molecule has 0 aliphatic heterocycles. The van der Waals surface area contributed by atoms with Crippen molar-refractivity contribution in [2.75, 3.05) is 5.32 Å². The summed E-state index contributed by atoms with van der Waals surface area (Å²) in [6.45, 7) is 4.22. The van der Waals surface area contributed by atoms with Crippen LogP contribution >= 0.6 is 11.6 Å². The average Bonchev–Trinajstić information content (AvgIpc) is 2.32. The second kappa shape index (κ2) is 7.21. The molecule has 0 spiro atoms. The van der Waals surface area contributed by atoms with E-state index in [9.17, 15) is 10.1 Å². The highest BCUT2D eigenvalue weighted by atomic mass is 35.5. The van der Waals surface area contributed by atoms with Crippen molar-refractivity contribution in [3.05, 3.63) is 33.3 Å². The molecule has 18 heavy (non-hydrogen) atoms. The van der Waals surface area contributed by atoms with Gasteiger partial charge in [-0.15, -0.1) is 0 Å². The predicted octanol–water partition coefficient (Wildman–Crippen LogP) is 4.63. The van der Waals surface area contributed by atoms with E-state index >= 15 is 0 Å². The van der Waals surface area contributed by atoms with Gasteiger partial charge in [0.05, 0.1) is 4.92 Å². The highest BCUT2D eigenvalue weighted by molar-refractivity contribution is 6.30. The Kier molecular flexibility index (Phi) is 5.92. The Morgan fingerprint density at radius 1 is 1.33 bits per heavy atom. The summed E-state index contributed by atoms with van der Waals surface area (Å²) in [5, 5.41) is 14.6. The first-order valence-corrected chi connectivity index (χ1v) is 6.66. The molecule has 4 nitrogen and oxygen atoms in total. The monoisotopic (exact) mass is 270 g/mol. The molecule has 0 aliphatic rings. The largest absolute Gasteiger partial charge is 0.377 e. The summed E-state index contributed by atoms with van der Waals surface area (Å²) in [5.41, 5.74) is 0.594. The fourth-order valence-electron chi connectivity index (χ4n) is 1.98. The van der Waals surface area contributed by atoms with Crippen LogP contribution in [0, 0.1) is 10.1 Å². The van der Waals surface area contributed by atoms with Gasteiger partial charge in [-0.1, -0.05) is 38.3 Å². The minimum absolute atomic E-state index is 0.0414. The number of nitrogens with zero attached hydrogens (tertiary/aromatic N) is 1. The van der Waals surface area contributed by atoms with Crippen molar-refractivity contribution in [1.82, 2.24) is 0 Å². The molecule has 0 bridgehead atoms. The molecule has 5 heteroatoms. The zero-order valence-electron chi connectivity index (χ0n) is 10.8. The van der Waals surface area contributed by atoms with Crippen LogP contribution in [0.2, 0.25) is 5.02 Å². The minimum atomic E-state index is -0.400.